The minimum absolute atomic E-state index is 0.0818. The van der Waals surface area contributed by atoms with Gasteiger partial charge in [-0.25, -0.2) is 0 Å². The van der Waals surface area contributed by atoms with Crippen LogP contribution in [0.3, 0.4) is 0 Å². The molecule has 2 unspecified atom stereocenters. The van der Waals surface area contributed by atoms with Gasteiger partial charge in [-0.3, -0.25) is 10.1 Å². The first kappa shape index (κ1) is 16.9. The molecule has 1 aromatic rings. The molecule has 1 aromatic heterocycles. The van der Waals surface area contributed by atoms with Crippen molar-refractivity contribution in [3.8, 4) is 0 Å². The molecule has 0 aliphatic heterocycles. The second-order valence-electron chi connectivity index (χ2n) is 5.17. The Morgan fingerprint density at radius 1 is 1.45 bits per heavy atom. The Bertz CT molecular complexity index is 460. The van der Waals surface area contributed by atoms with Crippen molar-refractivity contribution >= 4 is 22.0 Å². The van der Waals surface area contributed by atoms with Gasteiger partial charge in [0, 0.05) is 30.1 Å². The lowest BCUT2D eigenvalue weighted by Gasteiger charge is -2.30. The van der Waals surface area contributed by atoms with Crippen molar-refractivity contribution in [3.63, 3.8) is 0 Å². The van der Waals surface area contributed by atoms with Crippen molar-refractivity contribution in [2.45, 2.75) is 32.9 Å². The highest BCUT2D eigenvalue weighted by Crippen LogP contribution is 2.40. The average molecular weight is 301 g/mol. The number of aliphatic hydroxyl groups is 1. The molecule has 0 aliphatic rings. The maximum Gasteiger partial charge on any atom is 0.304 e. The monoisotopic (exact) mass is 301 g/mol. The van der Waals surface area contributed by atoms with E-state index in [1.807, 2.05) is 25.9 Å². The van der Waals surface area contributed by atoms with E-state index >= 15 is 0 Å². The highest BCUT2D eigenvalue weighted by atomic mass is 32.1. The number of thiophene rings is 1. The van der Waals surface area contributed by atoms with Gasteiger partial charge in [-0.15, -0.1) is 11.3 Å². The Balaban J connectivity index is 3.16. The number of likely N-dealkylation sites (N-methyl/N-ethyl adjacent to an activating group) is 2. The molecule has 114 valence electrons. The summed E-state index contributed by atoms with van der Waals surface area (Å²) in [4.78, 5) is 15.6. The molecule has 1 heterocycles. The number of rotatable bonds is 7. The molecule has 0 amide bonds. The lowest BCUT2D eigenvalue weighted by Crippen LogP contribution is -2.39. The fourth-order valence-corrected chi connectivity index (χ4v) is 3.44. The summed E-state index contributed by atoms with van der Waals surface area (Å²) >= 11 is 1.30. The second-order valence-corrected chi connectivity index (χ2v) is 6.23. The lowest BCUT2D eigenvalue weighted by atomic mass is 10.2. The van der Waals surface area contributed by atoms with Gasteiger partial charge in [0.15, 0.2) is 5.00 Å². The minimum Gasteiger partial charge on any atom is -0.388 e. The maximum absolute atomic E-state index is 11.2. The smallest absolute Gasteiger partial charge is 0.304 e. The zero-order valence-corrected chi connectivity index (χ0v) is 13.5. The van der Waals surface area contributed by atoms with Crippen molar-refractivity contribution < 1.29 is 10.0 Å². The quantitative estimate of drug-likeness (QED) is 0.619. The predicted molar refractivity (Wildman–Crippen MR) is 82.6 cm³/mol. The molecule has 0 fully saturated rings. The fraction of sp³-hybridized carbons (Fsp3) is 0.692. The van der Waals surface area contributed by atoms with E-state index in [9.17, 15) is 15.2 Å². The van der Waals surface area contributed by atoms with Crippen LogP contribution in [-0.2, 0) is 0 Å². The van der Waals surface area contributed by atoms with Crippen LogP contribution in [0, 0.1) is 10.1 Å². The molecule has 0 radical (unpaired) electrons. The van der Waals surface area contributed by atoms with E-state index in [4.69, 9.17) is 0 Å². The number of anilines is 1. The molecule has 1 N–H and O–H groups in total. The third-order valence-electron chi connectivity index (χ3n) is 3.08. The Morgan fingerprint density at radius 3 is 2.45 bits per heavy atom. The summed E-state index contributed by atoms with van der Waals surface area (Å²) in [7, 11) is 3.96. The van der Waals surface area contributed by atoms with E-state index in [1.54, 1.807) is 6.92 Å². The molecular weight excluding hydrogens is 278 g/mol. The molecule has 0 bridgehead atoms. The van der Waals surface area contributed by atoms with Crippen LogP contribution in [0.1, 0.15) is 31.8 Å². The molecule has 0 spiro atoms. The van der Waals surface area contributed by atoms with Crippen LogP contribution in [0.25, 0.3) is 0 Å². The van der Waals surface area contributed by atoms with Crippen LogP contribution in [-0.4, -0.2) is 48.2 Å². The fourth-order valence-electron chi connectivity index (χ4n) is 2.21. The van der Waals surface area contributed by atoms with E-state index in [-0.39, 0.29) is 16.7 Å². The van der Waals surface area contributed by atoms with Gasteiger partial charge in [0.25, 0.3) is 0 Å². The van der Waals surface area contributed by atoms with Gasteiger partial charge in [-0.05, 0) is 34.9 Å². The van der Waals surface area contributed by atoms with Gasteiger partial charge in [0.05, 0.1) is 11.0 Å². The van der Waals surface area contributed by atoms with Gasteiger partial charge in [-0.2, -0.15) is 0 Å². The third kappa shape index (κ3) is 3.91. The molecule has 6 nitrogen and oxygen atoms in total. The lowest BCUT2D eigenvalue weighted by molar-refractivity contribution is -0.383. The molecule has 0 aliphatic carbocycles. The van der Waals surface area contributed by atoms with Gasteiger partial charge >= 0.3 is 5.69 Å². The molecule has 2 atom stereocenters. The topological polar surface area (TPSA) is 69.8 Å². The standard InChI is InChI=1S/C13H23N3O3S/c1-6-15(9(2)8-14(4)5)13-11(16(18)19)7-12(20-13)10(3)17/h7,9-10,17H,6,8H2,1-5H3. The molecule has 1 rings (SSSR count). The Morgan fingerprint density at radius 2 is 2.05 bits per heavy atom. The van der Waals surface area contributed by atoms with Crippen molar-refractivity contribution in [1.82, 2.24) is 4.90 Å². The SMILES string of the molecule is CCN(c1sc(C(C)O)cc1[N+](=O)[O-])C(C)CN(C)C. The summed E-state index contributed by atoms with van der Waals surface area (Å²) in [5.74, 6) is 0. The van der Waals surface area contributed by atoms with E-state index < -0.39 is 6.10 Å². The van der Waals surface area contributed by atoms with Crippen molar-refractivity contribution in [2.75, 3.05) is 32.1 Å². The molecule has 7 heteroatoms. The third-order valence-corrected chi connectivity index (χ3v) is 4.42. The van der Waals surface area contributed by atoms with E-state index in [1.165, 1.54) is 17.4 Å². The highest BCUT2D eigenvalue weighted by Gasteiger charge is 2.27. The van der Waals surface area contributed by atoms with Crippen molar-refractivity contribution in [3.05, 3.63) is 21.1 Å². The number of aliphatic hydroxyl groups excluding tert-OH is 1. The summed E-state index contributed by atoms with van der Waals surface area (Å²) in [6, 6.07) is 1.64. The van der Waals surface area contributed by atoms with Crippen LogP contribution in [0.15, 0.2) is 6.07 Å². The van der Waals surface area contributed by atoms with Crippen molar-refractivity contribution in [1.29, 1.82) is 0 Å². The highest BCUT2D eigenvalue weighted by molar-refractivity contribution is 7.16. The van der Waals surface area contributed by atoms with E-state index in [2.05, 4.69) is 11.8 Å². The number of hydrogen-bond acceptors (Lipinski definition) is 6. The summed E-state index contributed by atoms with van der Waals surface area (Å²) in [5, 5.41) is 21.5. The zero-order chi connectivity index (χ0) is 15.4. The van der Waals surface area contributed by atoms with Crippen molar-refractivity contribution in [2.24, 2.45) is 0 Å². The summed E-state index contributed by atoms with van der Waals surface area (Å²) in [5.41, 5.74) is 0.0818. The van der Waals surface area contributed by atoms with Crippen LogP contribution < -0.4 is 4.90 Å². The Hall–Kier alpha value is -1.18. The molecular formula is C13H23N3O3S. The predicted octanol–water partition coefficient (Wildman–Crippen LogP) is 2.49. The number of hydrogen-bond donors (Lipinski definition) is 1. The average Bonchev–Trinajstić information content (AvgIpc) is 2.74. The molecule has 0 aromatic carbocycles. The first-order valence-electron chi connectivity index (χ1n) is 6.65. The van der Waals surface area contributed by atoms with E-state index in [0.29, 0.717) is 16.4 Å². The number of nitrogens with zero attached hydrogens (tertiary/aromatic N) is 3. The summed E-state index contributed by atoms with van der Waals surface area (Å²) in [6.45, 7) is 7.16. The van der Waals surface area contributed by atoms with E-state index in [0.717, 1.165) is 6.54 Å². The van der Waals surface area contributed by atoms with Gasteiger partial charge in [-0.1, -0.05) is 0 Å². The summed E-state index contributed by atoms with van der Waals surface area (Å²) in [6.07, 6.45) is -0.685. The van der Waals surface area contributed by atoms with Crippen LogP contribution in [0.5, 0.6) is 0 Å². The first-order chi connectivity index (χ1) is 9.27. The number of nitro groups is 1. The van der Waals surface area contributed by atoms with Crippen LogP contribution >= 0.6 is 11.3 Å². The van der Waals surface area contributed by atoms with Crippen LogP contribution in [0.4, 0.5) is 10.7 Å². The minimum atomic E-state index is -0.685. The Kier molecular flexibility index (Phi) is 5.91. The first-order valence-corrected chi connectivity index (χ1v) is 7.47. The second kappa shape index (κ2) is 7.01. The maximum atomic E-state index is 11.2. The molecule has 0 saturated heterocycles. The largest absolute Gasteiger partial charge is 0.388 e. The van der Waals surface area contributed by atoms with Gasteiger partial charge in [0.2, 0.25) is 0 Å². The Labute approximate surface area is 123 Å². The summed E-state index contributed by atoms with van der Waals surface area (Å²) < 4.78 is 0. The molecule has 0 saturated carbocycles. The molecule has 20 heavy (non-hydrogen) atoms. The normalized spacial score (nSPS) is 14.3. The van der Waals surface area contributed by atoms with Gasteiger partial charge in [0.1, 0.15) is 0 Å². The zero-order valence-electron chi connectivity index (χ0n) is 12.7. The van der Waals surface area contributed by atoms with Gasteiger partial charge < -0.3 is 14.9 Å². The van der Waals surface area contributed by atoms with Crippen LogP contribution in [0.2, 0.25) is 0 Å².